The van der Waals surface area contributed by atoms with Gasteiger partial charge in [-0.3, -0.25) is 9.78 Å². The van der Waals surface area contributed by atoms with Gasteiger partial charge in [-0.2, -0.15) is 0 Å². The summed E-state index contributed by atoms with van der Waals surface area (Å²) in [7, 11) is 2.00. The zero-order valence-electron chi connectivity index (χ0n) is 17.3. The molecule has 150 valence electrons. The average molecular weight is 373 g/mol. The highest BCUT2D eigenvalue weighted by Gasteiger charge is 2.14. The summed E-state index contributed by atoms with van der Waals surface area (Å²) in [4.78, 5) is 16.6. The molecule has 0 bridgehead atoms. The summed E-state index contributed by atoms with van der Waals surface area (Å²) >= 11 is 0. The lowest BCUT2D eigenvalue weighted by Crippen LogP contribution is -2.28. The molecule has 2 heterocycles. The summed E-state index contributed by atoms with van der Waals surface area (Å²) < 4.78 is 2.07. The maximum atomic E-state index is 12.4. The number of unbranched alkanes of at least 4 members (excludes halogenated alkanes) is 5. The van der Waals surface area contributed by atoms with E-state index in [9.17, 15) is 4.79 Å². The van der Waals surface area contributed by atoms with Gasteiger partial charge < -0.3 is 15.2 Å². The van der Waals surface area contributed by atoms with Crippen LogP contribution in [0.2, 0.25) is 0 Å². The number of fused-ring (bicyclic) bond motifs is 1. The van der Waals surface area contributed by atoms with E-state index in [-0.39, 0.29) is 5.91 Å². The summed E-state index contributed by atoms with van der Waals surface area (Å²) in [5.41, 5.74) is 2.38. The first-order valence-corrected chi connectivity index (χ1v) is 10.5. The Morgan fingerprint density at radius 1 is 1.15 bits per heavy atom. The summed E-state index contributed by atoms with van der Waals surface area (Å²) in [5.74, 6) is 0.558. The smallest absolute Gasteiger partial charge is 0.239 e. The van der Waals surface area contributed by atoms with Crippen molar-refractivity contribution in [2.45, 2.75) is 71.3 Å². The van der Waals surface area contributed by atoms with E-state index in [2.05, 4.69) is 40.2 Å². The summed E-state index contributed by atoms with van der Waals surface area (Å²) in [5, 5.41) is 7.42. The molecule has 0 radical (unpaired) electrons. The molecular formula is C22H36N4O. The van der Waals surface area contributed by atoms with Crippen molar-refractivity contribution in [1.29, 1.82) is 0 Å². The maximum absolute atomic E-state index is 12.4. The van der Waals surface area contributed by atoms with Crippen LogP contribution >= 0.6 is 0 Å². The fourth-order valence-corrected chi connectivity index (χ4v) is 3.48. The van der Waals surface area contributed by atoms with Crippen molar-refractivity contribution < 1.29 is 4.79 Å². The van der Waals surface area contributed by atoms with Gasteiger partial charge in [0.05, 0.1) is 5.52 Å². The third-order valence-corrected chi connectivity index (χ3v) is 5.35. The Labute approximate surface area is 163 Å². The van der Waals surface area contributed by atoms with Gasteiger partial charge in [-0.15, -0.1) is 0 Å². The molecular weight excluding hydrogens is 336 g/mol. The molecule has 0 fully saturated rings. The van der Waals surface area contributed by atoms with Crippen molar-refractivity contribution in [2.75, 3.05) is 20.1 Å². The van der Waals surface area contributed by atoms with E-state index in [0.29, 0.717) is 12.5 Å². The van der Waals surface area contributed by atoms with Crippen LogP contribution in [-0.2, 0) is 11.3 Å². The third kappa shape index (κ3) is 6.65. The van der Waals surface area contributed by atoms with Gasteiger partial charge in [-0.1, -0.05) is 39.5 Å². The molecule has 2 aromatic rings. The first-order chi connectivity index (χ1) is 13.2. The minimum Gasteiger partial charge on any atom is -0.355 e. The van der Waals surface area contributed by atoms with Gasteiger partial charge in [0, 0.05) is 30.5 Å². The highest BCUT2D eigenvalue weighted by molar-refractivity contribution is 5.85. The second-order valence-corrected chi connectivity index (χ2v) is 7.49. The molecule has 0 spiro atoms. The van der Waals surface area contributed by atoms with E-state index in [1.54, 1.807) is 6.20 Å². The fraction of sp³-hybridized carbons (Fsp3) is 0.636. The largest absolute Gasteiger partial charge is 0.355 e. The lowest BCUT2D eigenvalue weighted by molar-refractivity contribution is -0.121. The molecule has 0 aliphatic rings. The van der Waals surface area contributed by atoms with Crippen LogP contribution in [0.4, 0.5) is 0 Å². The van der Waals surface area contributed by atoms with Gasteiger partial charge in [0.2, 0.25) is 5.91 Å². The van der Waals surface area contributed by atoms with E-state index in [1.807, 2.05) is 19.3 Å². The van der Waals surface area contributed by atoms with Crippen LogP contribution in [0.15, 0.2) is 24.7 Å². The number of carbonyl (C=O) groups is 1. The number of rotatable bonds is 13. The fourth-order valence-electron chi connectivity index (χ4n) is 3.48. The predicted octanol–water partition coefficient (Wildman–Crippen LogP) is 4.23. The number of nitrogens with one attached hydrogen (secondary N) is 2. The molecule has 5 heteroatoms. The van der Waals surface area contributed by atoms with E-state index in [4.69, 9.17) is 0 Å². The van der Waals surface area contributed by atoms with E-state index in [1.165, 1.54) is 37.7 Å². The molecule has 0 saturated carbocycles. The molecule has 0 aliphatic heterocycles. The molecule has 0 aromatic carbocycles. The van der Waals surface area contributed by atoms with Crippen LogP contribution in [0.25, 0.3) is 10.9 Å². The quantitative estimate of drug-likeness (QED) is 0.517. The standard InChI is InChI=1S/C22H36N4O/c1-4-18(2)20-16-26(21-11-14-24-15-19(20)21)17-22(27)25-13-10-8-6-5-7-9-12-23-3/h11,14-16,18,23H,4-10,12-13,17H2,1-3H3,(H,25,27). The molecule has 5 nitrogen and oxygen atoms in total. The van der Waals surface area contributed by atoms with Crippen molar-refractivity contribution in [2.24, 2.45) is 0 Å². The van der Waals surface area contributed by atoms with Crippen LogP contribution in [-0.4, -0.2) is 35.6 Å². The van der Waals surface area contributed by atoms with E-state index >= 15 is 0 Å². The minimum atomic E-state index is 0.0911. The molecule has 0 aliphatic carbocycles. The van der Waals surface area contributed by atoms with E-state index < -0.39 is 0 Å². The first kappa shape index (κ1) is 21.4. The molecule has 1 atom stereocenters. The normalized spacial score (nSPS) is 12.4. The Kier molecular flexibility index (Phi) is 9.32. The van der Waals surface area contributed by atoms with Gasteiger partial charge in [0.1, 0.15) is 6.54 Å². The molecule has 1 amide bonds. The number of hydrogen-bond donors (Lipinski definition) is 2. The number of pyridine rings is 1. The van der Waals surface area contributed by atoms with Gasteiger partial charge in [-0.25, -0.2) is 0 Å². The molecule has 2 rings (SSSR count). The Balaban J connectivity index is 1.76. The molecule has 0 saturated heterocycles. The van der Waals surface area contributed by atoms with Crippen LogP contribution in [0, 0.1) is 0 Å². The van der Waals surface area contributed by atoms with Crippen molar-refractivity contribution >= 4 is 16.8 Å². The maximum Gasteiger partial charge on any atom is 0.239 e. The van der Waals surface area contributed by atoms with Gasteiger partial charge in [-0.05, 0) is 50.4 Å². The summed E-state index contributed by atoms with van der Waals surface area (Å²) in [6, 6.07) is 2.00. The van der Waals surface area contributed by atoms with Crippen LogP contribution < -0.4 is 10.6 Å². The van der Waals surface area contributed by atoms with Crippen LogP contribution in [0.3, 0.4) is 0 Å². The monoisotopic (exact) mass is 372 g/mol. The number of amides is 1. The van der Waals surface area contributed by atoms with E-state index in [0.717, 1.165) is 36.8 Å². The van der Waals surface area contributed by atoms with Crippen molar-refractivity contribution in [3.63, 3.8) is 0 Å². The molecule has 2 aromatic heterocycles. The Morgan fingerprint density at radius 2 is 1.85 bits per heavy atom. The van der Waals surface area contributed by atoms with Gasteiger partial charge in [0.25, 0.3) is 0 Å². The van der Waals surface area contributed by atoms with Crippen molar-refractivity contribution in [3.05, 3.63) is 30.2 Å². The predicted molar refractivity (Wildman–Crippen MR) is 113 cm³/mol. The molecule has 2 N–H and O–H groups in total. The summed E-state index contributed by atoms with van der Waals surface area (Å²) in [6.07, 6.45) is 14.3. The minimum absolute atomic E-state index is 0.0911. The highest BCUT2D eigenvalue weighted by Crippen LogP contribution is 2.28. The van der Waals surface area contributed by atoms with Crippen LogP contribution in [0.5, 0.6) is 0 Å². The first-order valence-electron chi connectivity index (χ1n) is 10.5. The van der Waals surface area contributed by atoms with Gasteiger partial charge in [0.15, 0.2) is 0 Å². The Hall–Kier alpha value is -1.88. The SMILES string of the molecule is CCC(C)c1cn(CC(=O)NCCCCCCCCNC)c2ccncc12. The molecule has 27 heavy (non-hydrogen) atoms. The zero-order chi connectivity index (χ0) is 19.5. The Morgan fingerprint density at radius 3 is 2.56 bits per heavy atom. The second-order valence-electron chi connectivity index (χ2n) is 7.49. The molecule has 1 unspecified atom stereocenters. The van der Waals surface area contributed by atoms with Gasteiger partial charge >= 0.3 is 0 Å². The van der Waals surface area contributed by atoms with Crippen molar-refractivity contribution in [1.82, 2.24) is 20.2 Å². The Bertz CT molecular complexity index is 695. The number of hydrogen-bond acceptors (Lipinski definition) is 3. The number of aromatic nitrogens is 2. The lowest BCUT2D eigenvalue weighted by Gasteiger charge is -2.08. The van der Waals surface area contributed by atoms with Crippen LogP contribution in [0.1, 0.15) is 70.3 Å². The number of carbonyl (C=O) groups excluding carboxylic acids is 1. The number of nitrogens with zero attached hydrogens (tertiary/aromatic N) is 2. The second kappa shape index (κ2) is 11.8. The highest BCUT2D eigenvalue weighted by atomic mass is 16.1. The average Bonchev–Trinajstić information content (AvgIpc) is 3.04. The van der Waals surface area contributed by atoms with Crippen molar-refractivity contribution in [3.8, 4) is 0 Å². The summed E-state index contributed by atoms with van der Waals surface area (Å²) in [6.45, 7) is 6.68. The third-order valence-electron chi connectivity index (χ3n) is 5.35. The zero-order valence-corrected chi connectivity index (χ0v) is 17.3. The lowest BCUT2D eigenvalue weighted by atomic mass is 9.99. The topological polar surface area (TPSA) is 59.0 Å².